The lowest BCUT2D eigenvalue weighted by Crippen LogP contribution is -2.47. The van der Waals surface area contributed by atoms with Crippen molar-refractivity contribution in [3.63, 3.8) is 0 Å². The summed E-state index contributed by atoms with van der Waals surface area (Å²) in [5.74, 6) is 0.799. The number of nitrogens with one attached hydrogen (secondary N) is 2. The van der Waals surface area contributed by atoms with Gasteiger partial charge in [-0.15, -0.1) is 0 Å². The lowest BCUT2D eigenvalue weighted by atomic mass is 9.96. The molecule has 2 aliphatic rings. The van der Waals surface area contributed by atoms with Crippen LogP contribution in [0, 0.1) is 12.8 Å². The number of nitrogens with zero attached hydrogens (tertiary/aromatic N) is 2. The Hall–Kier alpha value is -1.88. The Morgan fingerprint density at radius 1 is 1.43 bits per heavy atom. The van der Waals surface area contributed by atoms with Gasteiger partial charge in [0.1, 0.15) is 0 Å². The Bertz CT molecular complexity index is 681. The average molecular weight is 284 g/mol. The van der Waals surface area contributed by atoms with E-state index in [2.05, 4.69) is 20.4 Å². The van der Waals surface area contributed by atoms with Crippen molar-refractivity contribution in [3.8, 4) is 0 Å². The Kier molecular flexibility index (Phi) is 2.96. The molecule has 2 bridgehead atoms. The van der Waals surface area contributed by atoms with Gasteiger partial charge in [-0.05, 0) is 50.4 Å². The van der Waals surface area contributed by atoms with E-state index in [0.717, 1.165) is 41.0 Å². The highest BCUT2D eigenvalue weighted by molar-refractivity contribution is 5.98. The summed E-state index contributed by atoms with van der Waals surface area (Å²) >= 11 is 0. The Morgan fingerprint density at radius 2 is 2.33 bits per heavy atom. The van der Waals surface area contributed by atoms with Gasteiger partial charge in [-0.3, -0.25) is 9.89 Å². The molecule has 110 valence electrons. The lowest BCUT2D eigenvalue weighted by Gasteiger charge is -2.30. The average Bonchev–Trinajstić information content (AvgIpc) is 3.02. The number of benzene rings is 1. The van der Waals surface area contributed by atoms with Crippen LogP contribution in [0.3, 0.4) is 0 Å². The highest BCUT2D eigenvalue weighted by Gasteiger charge is 2.32. The van der Waals surface area contributed by atoms with Crippen LogP contribution in [0.25, 0.3) is 10.9 Å². The summed E-state index contributed by atoms with van der Waals surface area (Å²) in [7, 11) is 0. The summed E-state index contributed by atoms with van der Waals surface area (Å²) in [4.78, 5) is 14.9. The van der Waals surface area contributed by atoms with Crippen LogP contribution in [-0.4, -0.2) is 46.7 Å². The number of carbonyl (C=O) groups is 1. The zero-order valence-corrected chi connectivity index (χ0v) is 12.2. The first-order valence-corrected chi connectivity index (χ1v) is 7.67. The molecule has 3 atom stereocenters. The van der Waals surface area contributed by atoms with Crippen LogP contribution in [0.2, 0.25) is 0 Å². The SMILES string of the molecule is Cc1[nH]nc2ccc(C(=O)NC3CC4CCN(C4)C3)cc12. The van der Waals surface area contributed by atoms with E-state index in [-0.39, 0.29) is 5.91 Å². The topological polar surface area (TPSA) is 61.0 Å². The molecular formula is C16H20N4O. The Morgan fingerprint density at radius 3 is 3.19 bits per heavy atom. The molecule has 1 aromatic carbocycles. The maximum Gasteiger partial charge on any atom is 0.251 e. The van der Waals surface area contributed by atoms with Crippen LogP contribution < -0.4 is 5.32 Å². The summed E-state index contributed by atoms with van der Waals surface area (Å²) in [6, 6.07) is 5.98. The summed E-state index contributed by atoms with van der Waals surface area (Å²) in [6.45, 7) is 5.38. The quantitative estimate of drug-likeness (QED) is 0.882. The summed E-state index contributed by atoms with van der Waals surface area (Å²) in [5.41, 5.74) is 2.63. The van der Waals surface area contributed by atoms with Crippen LogP contribution in [0.4, 0.5) is 0 Å². The molecular weight excluding hydrogens is 264 g/mol. The number of aryl methyl sites for hydroxylation is 1. The van der Waals surface area contributed by atoms with Crippen molar-refractivity contribution in [2.75, 3.05) is 19.6 Å². The predicted molar refractivity (Wildman–Crippen MR) is 81.2 cm³/mol. The van der Waals surface area contributed by atoms with Crippen molar-refractivity contribution in [1.29, 1.82) is 0 Å². The van der Waals surface area contributed by atoms with E-state index in [1.165, 1.54) is 19.5 Å². The van der Waals surface area contributed by atoms with Crippen molar-refractivity contribution < 1.29 is 4.79 Å². The molecule has 2 saturated heterocycles. The monoisotopic (exact) mass is 284 g/mol. The van der Waals surface area contributed by atoms with E-state index in [9.17, 15) is 4.79 Å². The van der Waals surface area contributed by atoms with Gasteiger partial charge in [0.2, 0.25) is 0 Å². The van der Waals surface area contributed by atoms with Gasteiger partial charge in [0.15, 0.2) is 0 Å². The van der Waals surface area contributed by atoms with Crippen LogP contribution in [0.15, 0.2) is 18.2 Å². The summed E-state index contributed by atoms with van der Waals surface area (Å²) < 4.78 is 0. The second kappa shape index (κ2) is 4.84. The van der Waals surface area contributed by atoms with E-state index in [4.69, 9.17) is 0 Å². The van der Waals surface area contributed by atoms with Gasteiger partial charge < -0.3 is 10.2 Å². The van der Waals surface area contributed by atoms with Crippen molar-refractivity contribution >= 4 is 16.8 Å². The van der Waals surface area contributed by atoms with E-state index in [1.807, 2.05) is 25.1 Å². The third kappa shape index (κ3) is 2.31. The first-order valence-electron chi connectivity index (χ1n) is 7.67. The number of hydrogen-bond donors (Lipinski definition) is 2. The van der Waals surface area contributed by atoms with Crippen molar-refractivity contribution in [3.05, 3.63) is 29.5 Å². The van der Waals surface area contributed by atoms with E-state index >= 15 is 0 Å². The predicted octanol–water partition coefficient (Wildman–Crippen LogP) is 1.70. The standard InChI is InChI=1S/C16H20N4O/c1-10-14-7-12(2-3-15(14)19-18-10)16(21)17-13-6-11-4-5-20(8-11)9-13/h2-3,7,11,13H,4-6,8-9H2,1H3,(H,17,21)(H,18,19). The largest absolute Gasteiger partial charge is 0.348 e. The van der Waals surface area contributed by atoms with Gasteiger partial charge >= 0.3 is 0 Å². The van der Waals surface area contributed by atoms with Gasteiger partial charge in [-0.1, -0.05) is 0 Å². The molecule has 1 amide bonds. The molecule has 1 aromatic heterocycles. The van der Waals surface area contributed by atoms with Crippen LogP contribution in [0.1, 0.15) is 28.9 Å². The fourth-order valence-electron chi connectivity index (χ4n) is 3.71. The number of H-pyrrole nitrogens is 1. The maximum atomic E-state index is 12.5. The normalized spacial score (nSPS) is 28.0. The third-order valence-corrected chi connectivity index (χ3v) is 4.81. The van der Waals surface area contributed by atoms with E-state index in [1.54, 1.807) is 0 Å². The number of fused-ring (bicyclic) bond motifs is 3. The summed E-state index contributed by atoms with van der Waals surface area (Å²) in [6.07, 6.45) is 2.40. The molecule has 5 heteroatoms. The molecule has 0 saturated carbocycles. The zero-order chi connectivity index (χ0) is 14.4. The molecule has 4 rings (SSSR count). The molecule has 3 heterocycles. The third-order valence-electron chi connectivity index (χ3n) is 4.81. The van der Waals surface area contributed by atoms with Gasteiger partial charge in [0.05, 0.1) is 5.52 Å². The highest BCUT2D eigenvalue weighted by Crippen LogP contribution is 2.27. The molecule has 0 aliphatic carbocycles. The second-order valence-corrected chi connectivity index (χ2v) is 6.40. The second-order valence-electron chi connectivity index (χ2n) is 6.40. The van der Waals surface area contributed by atoms with Crippen molar-refractivity contribution in [1.82, 2.24) is 20.4 Å². The number of aromatic nitrogens is 2. The highest BCUT2D eigenvalue weighted by atomic mass is 16.1. The van der Waals surface area contributed by atoms with Crippen molar-refractivity contribution in [2.45, 2.75) is 25.8 Å². The molecule has 2 aromatic rings. The van der Waals surface area contributed by atoms with Gasteiger partial charge in [0.25, 0.3) is 5.91 Å². The van der Waals surface area contributed by atoms with Gasteiger partial charge in [-0.2, -0.15) is 5.10 Å². The molecule has 2 N–H and O–H groups in total. The Balaban J connectivity index is 1.52. The fraction of sp³-hybridized carbons (Fsp3) is 0.500. The smallest absolute Gasteiger partial charge is 0.251 e. The van der Waals surface area contributed by atoms with Crippen LogP contribution in [-0.2, 0) is 0 Å². The number of carbonyl (C=O) groups excluding carboxylic acids is 1. The van der Waals surface area contributed by atoms with Crippen LogP contribution in [0.5, 0.6) is 0 Å². The fourth-order valence-corrected chi connectivity index (χ4v) is 3.71. The molecule has 2 aliphatic heterocycles. The van der Waals surface area contributed by atoms with Crippen LogP contribution >= 0.6 is 0 Å². The first-order chi connectivity index (χ1) is 10.2. The van der Waals surface area contributed by atoms with E-state index in [0.29, 0.717) is 6.04 Å². The van der Waals surface area contributed by atoms with E-state index < -0.39 is 0 Å². The number of rotatable bonds is 2. The first kappa shape index (κ1) is 12.8. The number of hydrogen-bond acceptors (Lipinski definition) is 3. The minimum absolute atomic E-state index is 0.0324. The minimum atomic E-state index is 0.0324. The molecule has 2 fully saturated rings. The minimum Gasteiger partial charge on any atom is -0.348 e. The molecule has 0 radical (unpaired) electrons. The molecule has 5 nitrogen and oxygen atoms in total. The zero-order valence-electron chi connectivity index (χ0n) is 12.2. The van der Waals surface area contributed by atoms with Crippen molar-refractivity contribution in [2.24, 2.45) is 5.92 Å². The maximum absolute atomic E-state index is 12.5. The Labute approximate surface area is 123 Å². The lowest BCUT2D eigenvalue weighted by molar-refractivity contribution is 0.0909. The molecule has 21 heavy (non-hydrogen) atoms. The summed E-state index contributed by atoms with van der Waals surface area (Å²) in [5, 5.41) is 11.4. The molecule has 0 spiro atoms. The number of aromatic amines is 1. The molecule has 3 unspecified atom stereocenters. The van der Waals surface area contributed by atoms with Gasteiger partial charge in [-0.25, -0.2) is 0 Å². The number of piperidine rings is 1. The number of amides is 1. The van der Waals surface area contributed by atoms with Gasteiger partial charge in [0, 0.05) is 35.8 Å².